The van der Waals surface area contributed by atoms with E-state index in [1.807, 2.05) is 0 Å². The van der Waals surface area contributed by atoms with Crippen LogP contribution in [0.4, 0.5) is 68.2 Å². The molecule has 0 fully saturated rings. The standard InChI is InChI=1S/C82H52B2N4Se/c1-7-21-53(22-8-1)59-35-41-65(42-36-59)85-69-46-40-61(55-25-11-3-12-26-55)47-68(69)84-78-73(85)49-63(57-29-15-5-16-30-57)52-76(78)88-71-34-20-19-33-70(71)87-75-51-64(58-31-17-6-18-32-58)50-74-77(75)83(81-79(87)80(88)82(84)89-81)67-45-39-62(56-27-13-4-14-28-56)48-72(67)86(74)66-43-37-60(38-44-66)54-23-9-2-10-24-54/h1-52H. The number of nitrogens with zero attached hydrogens (tertiary/aromatic N) is 4. The van der Waals surface area contributed by atoms with Crippen LogP contribution in [0.2, 0.25) is 0 Å². The normalized spacial score (nSPS) is 13.3. The Bertz CT molecular complexity index is 5140. The second kappa shape index (κ2) is 19.9. The van der Waals surface area contributed by atoms with Crippen LogP contribution < -0.4 is 50.1 Å². The molecule has 0 amide bonds. The topological polar surface area (TPSA) is 13.0 Å². The van der Waals surface area contributed by atoms with Crippen molar-refractivity contribution in [3.8, 4) is 66.8 Å². The summed E-state index contributed by atoms with van der Waals surface area (Å²) in [6, 6.07) is 118. The van der Waals surface area contributed by atoms with Crippen molar-refractivity contribution < 1.29 is 0 Å². The second-order valence-electron chi connectivity index (χ2n) is 23.9. The van der Waals surface area contributed by atoms with E-state index in [1.165, 1.54) is 154 Å². The van der Waals surface area contributed by atoms with Crippen molar-refractivity contribution >= 4 is 127 Å². The fraction of sp³-hybridized carbons (Fsp3) is 0. The molecule has 1 aromatic heterocycles. The van der Waals surface area contributed by atoms with E-state index >= 15 is 0 Å². The zero-order valence-electron chi connectivity index (χ0n) is 48.4. The Morgan fingerprint density at radius 3 is 0.933 bits per heavy atom. The number of hydrogen-bond donors (Lipinski definition) is 0. The van der Waals surface area contributed by atoms with Crippen LogP contribution in [-0.2, 0) is 0 Å². The van der Waals surface area contributed by atoms with Crippen LogP contribution >= 0.6 is 0 Å². The molecular formula is C82H52B2N4Se. The maximum atomic E-state index is 2.71. The van der Waals surface area contributed by atoms with Gasteiger partial charge in [-0.05, 0) is 0 Å². The van der Waals surface area contributed by atoms with Gasteiger partial charge in [-0.3, -0.25) is 0 Å². The predicted molar refractivity (Wildman–Crippen MR) is 378 cm³/mol. The molecule has 89 heavy (non-hydrogen) atoms. The zero-order valence-corrected chi connectivity index (χ0v) is 50.1. The van der Waals surface area contributed by atoms with E-state index in [0.717, 1.165) is 11.4 Å². The van der Waals surface area contributed by atoms with Crippen molar-refractivity contribution in [1.29, 1.82) is 0 Å². The second-order valence-corrected chi connectivity index (χ2v) is 26.2. The van der Waals surface area contributed by atoms with Gasteiger partial charge in [-0.25, -0.2) is 0 Å². The molecule has 4 nitrogen and oxygen atoms in total. The van der Waals surface area contributed by atoms with Gasteiger partial charge in [-0.15, -0.1) is 0 Å². The monoisotopic (exact) mass is 1190 g/mol. The van der Waals surface area contributed by atoms with Crippen molar-refractivity contribution in [1.82, 2.24) is 0 Å². The van der Waals surface area contributed by atoms with E-state index in [2.05, 4.69) is 335 Å². The molecule has 0 bridgehead atoms. The summed E-state index contributed by atoms with van der Waals surface area (Å²) in [5.41, 5.74) is 34.4. The molecule has 5 aliphatic heterocycles. The van der Waals surface area contributed by atoms with Gasteiger partial charge in [0.1, 0.15) is 0 Å². The fourth-order valence-electron chi connectivity index (χ4n) is 15.2. The third kappa shape index (κ3) is 7.69. The van der Waals surface area contributed by atoms with Crippen molar-refractivity contribution in [2.75, 3.05) is 19.6 Å². The maximum absolute atomic E-state index is 2.71. The summed E-state index contributed by atoms with van der Waals surface area (Å²) < 4.78 is 3.01. The van der Waals surface area contributed by atoms with E-state index in [9.17, 15) is 0 Å². The van der Waals surface area contributed by atoms with Crippen LogP contribution in [0.5, 0.6) is 0 Å². The van der Waals surface area contributed by atoms with Gasteiger partial charge in [-0.1, -0.05) is 12.1 Å². The molecule has 0 N–H and O–H groups in total. The molecule has 412 valence electrons. The molecule has 7 heteroatoms. The predicted octanol–water partition coefficient (Wildman–Crippen LogP) is 17.2. The third-order valence-corrected chi connectivity index (χ3v) is 21.8. The Balaban J connectivity index is 0.907. The Hall–Kier alpha value is -10.8. The number of fused-ring (bicyclic) bond motifs is 11. The van der Waals surface area contributed by atoms with Gasteiger partial charge in [-0.2, -0.15) is 0 Å². The summed E-state index contributed by atoms with van der Waals surface area (Å²) in [4.78, 5) is 10.6. The molecule has 0 saturated heterocycles. The van der Waals surface area contributed by atoms with E-state index in [1.54, 1.807) is 0 Å². The summed E-state index contributed by atoms with van der Waals surface area (Å²) in [7, 11) is 0. The Kier molecular flexibility index (Phi) is 11.2. The number of anilines is 12. The summed E-state index contributed by atoms with van der Waals surface area (Å²) in [5.74, 6) is 0. The Labute approximate surface area is 525 Å². The van der Waals surface area contributed by atoms with Crippen LogP contribution in [0.25, 0.3) is 66.8 Å². The van der Waals surface area contributed by atoms with Crippen molar-refractivity contribution in [3.05, 3.63) is 315 Å². The van der Waals surface area contributed by atoms with Crippen LogP contribution in [0.1, 0.15) is 0 Å². The Morgan fingerprint density at radius 2 is 0.506 bits per heavy atom. The average molecular weight is 1190 g/mol. The molecule has 0 radical (unpaired) electrons. The van der Waals surface area contributed by atoms with Crippen LogP contribution in [-0.4, -0.2) is 27.9 Å². The average Bonchev–Trinajstić information content (AvgIpc) is 1.62. The first-order chi connectivity index (χ1) is 44.2. The first-order valence-corrected chi connectivity index (χ1v) is 32.5. The van der Waals surface area contributed by atoms with E-state index in [-0.39, 0.29) is 27.9 Å². The minimum atomic E-state index is -0.132. The zero-order chi connectivity index (χ0) is 58.3. The van der Waals surface area contributed by atoms with Gasteiger partial charge in [0.15, 0.2) is 0 Å². The third-order valence-electron chi connectivity index (χ3n) is 19.1. The molecule has 5 aliphatic rings. The number of rotatable bonds is 8. The molecule has 0 atom stereocenters. The van der Waals surface area contributed by atoms with Crippen molar-refractivity contribution in [3.63, 3.8) is 0 Å². The van der Waals surface area contributed by atoms with E-state index in [4.69, 9.17) is 0 Å². The summed E-state index contributed by atoms with van der Waals surface area (Å²) in [5, 5.41) is 0. The van der Waals surface area contributed by atoms with Crippen LogP contribution in [0, 0.1) is 0 Å². The summed E-state index contributed by atoms with van der Waals surface area (Å²) >= 11 is -0.132. The van der Waals surface area contributed by atoms with Crippen LogP contribution in [0.3, 0.4) is 0 Å². The van der Waals surface area contributed by atoms with Gasteiger partial charge in [0.05, 0.1) is 0 Å². The first-order valence-electron chi connectivity index (χ1n) is 30.8. The minimum absolute atomic E-state index is 0.0331. The molecule has 0 saturated carbocycles. The molecule has 0 unspecified atom stereocenters. The van der Waals surface area contributed by atoms with Gasteiger partial charge in [0, 0.05) is 0 Å². The molecule has 0 spiro atoms. The van der Waals surface area contributed by atoms with E-state index in [0.29, 0.717) is 0 Å². The number of para-hydroxylation sites is 2. The van der Waals surface area contributed by atoms with Gasteiger partial charge in [0.2, 0.25) is 0 Å². The van der Waals surface area contributed by atoms with Gasteiger partial charge in [0.25, 0.3) is 0 Å². The van der Waals surface area contributed by atoms with E-state index < -0.39 is 0 Å². The summed E-state index contributed by atoms with van der Waals surface area (Å²) in [6.07, 6.45) is 0. The van der Waals surface area contributed by atoms with Gasteiger partial charge < -0.3 is 0 Å². The molecular weight excluding hydrogens is 1140 g/mol. The fourth-order valence-corrected chi connectivity index (χ4v) is 18.4. The number of benzene rings is 13. The van der Waals surface area contributed by atoms with Crippen molar-refractivity contribution in [2.45, 2.75) is 0 Å². The Morgan fingerprint density at radius 1 is 0.202 bits per heavy atom. The molecule has 0 aliphatic carbocycles. The molecule has 19 rings (SSSR count). The summed E-state index contributed by atoms with van der Waals surface area (Å²) in [6.45, 7) is -0.0767. The SMILES string of the molecule is c1ccc(-c2ccc(N3c4ccc(-c5ccccc5)cc4B4c5[se]c6c7c5N(c5ccccc5N7c5cc(-c7ccccc7)cc7c5B6c5ccc(-c6ccccc6)cc5N7c5ccc(-c6ccccc6)cc5)c5cc(-c6ccccc6)cc3c54)cc2)cc1. The molecule has 13 aromatic carbocycles. The van der Waals surface area contributed by atoms with Crippen LogP contribution in [0.15, 0.2) is 315 Å². The number of hydrogen-bond acceptors (Lipinski definition) is 4. The van der Waals surface area contributed by atoms with Gasteiger partial charge >= 0.3 is 516 Å². The molecule has 6 heterocycles. The quantitative estimate of drug-likeness (QED) is 0.141. The first kappa shape index (κ1) is 50.4. The van der Waals surface area contributed by atoms with Crippen molar-refractivity contribution in [2.24, 2.45) is 0 Å². The molecule has 14 aromatic rings.